The van der Waals surface area contributed by atoms with Gasteiger partial charge in [-0.25, -0.2) is 0 Å². The molecule has 0 aliphatic carbocycles. The predicted molar refractivity (Wildman–Crippen MR) is 191 cm³/mol. The highest BCUT2D eigenvalue weighted by Crippen LogP contribution is 2.55. The molecule has 0 aromatic carbocycles. The van der Waals surface area contributed by atoms with Gasteiger partial charge in [0.2, 0.25) is 0 Å². The van der Waals surface area contributed by atoms with Gasteiger partial charge in [0.15, 0.2) is 6.35 Å². The van der Waals surface area contributed by atoms with Gasteiger partial charge in [-0.3, -0.25) is 18.3 Å². The van der Waals surface area contributed by atoms with Gasteiger partial charge in [0.05, 0.1) is 28.7 Å². The van der Waals surface area contributed by atoms with Gasteiger partial charge in [-0.15, -0.1) is 3.63 Å². The van der Waals surface area contributed by atoms with Crippen molar-refractivity contribution in [3.8, 4) is 0 Å². The first-order chi connectivity index (χ1) is 23.6. The van der Waals surface area contributed by atoms with Crippen LogP contribution in [0.2, 0.25) is 0 Å². The molecule has 16 nitrogen and oxygen atoms in total. The maximum atomic E-state index is 12.4. The minimum atomic E-state index is -6.04. The van der Waals surface area contributed by atoms with E-state index in [-0.39, 0.29) is 6.26 Å². The predicted octanol–water partition coefficient (Wildman–Crippen LogP) is 7.90. The number of alkyl halides is 6. The molecule has 0 amide bonds. The number of aliphatic hydroxyl groups excluding tert-OH is 1. The van der Waals surface area contributed by atoms with E-state index >= 15 is 0 Å². The molecule has 0 aliphatic rings. The molecule has 0 bridgehead atoms. The summed E-state index contributed by atoms with van der Waals surface area (Å²) >= 11 is 0. The van der Waals surface area contributed by atoms with Crippen LogP contribution in [-0.4, -0.2) is 87.7 Å². The van der Waals surface area contributed by atoms with Crippen molar-refractivity contribution < 1.29 is 91.7 Å². The Kier molecular flexibility index (Phi) is 21.8. The zero-order chi connectivity index (χ0) is 45.1. The summed E-state index contributed by atoms with van der Waals surface area (Å²) in [4.78, 5) is 4.17. The summed E-state index contributed by atoms with van der Waals surface area (Å²) in [5.74, 6) is 0. The van der Waals surface area contributed by atoms with Gasteiger partial charge in [-0.1, -0.05) is 6.07 Å². The normalized spacial score (nSPS) is 14.1. The lowest BCUT2D eigenvalue weighted by Gasteiger charge is -2.31. The molecule has 1 aromatic heterocycles. The molecule has 0 spiro atoms. The van der Waals surface area contributed by atoms with Crippen LogP contribution in [-0.2, 0) is 65.4 Å². The van der Waals surface area contributed by atoms with Crippen molar-refractivity contribution in [1.29, 1.82) is 0 Å². The van der Waals surface area contributed by atoms with E-state index in [0.29, 0.717) is 0 Å². The highest BCUT2D eigenvalue weighted by atomic mass is 32.3. The zero-order valence-corrected chi connectivity index (χ0v) is 37.4. The first-order valence-electron chi connectivity index (χ1n) is 15.3. The zero-order valence-electron chi connectivity index (χ0n) is 33.1. The summed E-state index contributed by atoms with van der Waals surface area (Å²) in [5, 5.41) is 9.00. The van der Waals surface area contributed by atoms with Crippen LogP contribution in [0.1, 0.15) is 94.5 Å². The van der Waals surface area contributed by atoms with Crippen molar-refractivity contribution >= 4 is 45.5 Å². The van der Waals surface area contributed by atoms with Gasteiger partial charge < -0.3 is 23.2 Å². The van der Waals surface area contributed by atoms with E-state index in [0.717, 1.165) is 11.4 Å². The van der Waals surface area contributed by atoms with Crippen LogP contribution in [0.25, 0.3) is 0 Å². The number of rotatable bonds is 10. The van der Waals surface area contributed by atoms with Crippen molar-refractivity contribution in [3.63, 3.8) is 0 Å². The molecule has 0 radical (unpaired) electrons. The third kappa shape index (κ3) is 30.5. The van der Waals surface area contributed by atoms with Crippen LogP contribution in [0.5, 0.6) is 0 Å². The molecule has 0 saturated carbocycles. The second-order valence-corrected chi connectivity index (χ2v) is 23.6. The van der Waals surface area contributed by atoms with Gasteiger partial charge in [-0.05, 0) is 109 Å². The molecule has 0 aliphatic heterocycles. The van der Waals surface area contributed by atoms with Crippen LogP contribution in [0, 0.1) is 13.8 Å². The molecule has 0 saturated heterocycles. The quantitative estimate of drug-likeness (QED) is 0.102. The molecule has 1 heterocycles. The van der Waals surface area contributed by atoms with Crippen LogP contribution < -0.4 is 0 Å². The maximum absolute atomic E-state index is 12.4. The standard InChI is InChI=1S/C10H20F3O6PS.C9H21O4P.C7H9N.C2H3F3O5S2/c1-8(2,3)18-20(14,19-9(4,5)6)7-17-21(15,16)10(11,12)13;1-8(2,3)12-14(11,7-10)13-9(4,5)6;1-6-4-3-5-7(2)8-6;1-11(6,7)10-12(8,9)2(3,4)5/h7H2,1-6H3;10H,7H2,1-6H3;3-5H,1-2H3;1H3. The largest absolute Gasteiger partial charge is 0.524 e. The summed E-state index contributed by atoms with van der Waals surface area (Å²) in [6.45, 7) is 23.5. The summed E-state index contributed by atoms with van der Waals surface area (Å²) in [6, 6.07) is 6.00. The molecular formula is C28H53F6NO15P2S3. The van der Waals surface area contributed by atoms with E-state index in [4.69, 9.17) is 23.2 Å². The lowest BCUT2D eigenvalue weighted by molar-refractivity contribution is -0.0538. The van der Waals surface area contributed by atoms with Crippen molar-refractivity contribution in [2.75, 3.05) is 19.0 Å². The van der Waals surface area contributed by atoms with Crippen LogP contribution in [0.4, 0.5) is 26.3 Å². The molecule has 0 unspecified atom stereocenters. The van der Waals surface area contributed by atoms with E-state index in [1.54, 1.807) is 41.5 Å². The highest BCUT2D eigenvalue weighted by molar-refractivity contribution is 7.99. The van der Waals surface area contributed by atoms with E-state index in [1.807, 2.05) is 32.0 Å². The second-order valence-electron chi connectivity index (χ2n) is 14.9. The molecule has 55 heavy (non-hydrogen) atoms. The summed E-state index contributed by atoms with van der Waals surface area (Å²) in [6.07, 6.45) is -1.76. The summed E-state index contributed by atoms with van der Waals surface area (Å²) in [7, 11) is -24.2. The molecule has 1 rings (SSSR count). The topological polar surface area (TPSA) is 225 Å². The van der Waals surface area contributed by atoms with Gasteiger partial charge in [0.25, 0.3) is 10.1 Å². The fourth-order valence-corrected chi connectivity index (χ4v) is 9.35. The van der Waals surface area contributed by atoms with Crippen molar-refractivity contribution in [3.05, 3.63) is 29.6 Å². The lowest BCUT2D eigenvalue weighted by atomic mass is 10.2. The highest BCUT2D eigenvalue weighted by Gasteiger charge is 2.50. The Morgan fingerprint density at radius 3 is 1.07 bits per heavy atom. The number of aromatic nitrogens is 1. The Morgan fingerprint density at radius 2 is 0.891 bits per heavy atom. The first-order valence-corrected chi connectivity index (χ1v) is 23.4. The van der Waals surface area contributed by atoms with Crippen LogP contribution in [0.15, 0.2) is 18.2 Å². The third-order valence-corrected chi connectivity index (χ3v) is 11.5. The number of hydrogen-bond acceptors (Lipinski definition) is 16. The Hall–Kier alpha value is -1.24. The average Bonchev–Trinajstić information content (AvgIpc) is 2.81. The summed E-state index contributed by atoms with van der Waals surface area (Å²) < 4.78 is 184. The maximum Gasteiger partial charge on any atom is 0.524 e. The molecule has 0 atom stereocenters. The molecular weight excluding hydrogens is 862 g/mol. The van der Waals surface area contributed by atoms with Crippen molar-refractivity contribution in [1.82, 2.24) is 4.98 Å². The molecule has 1 N–H and O–H groups in total. The molecule has 0 fully saturated rings. The SMILES string of the molecule is CC(C)(C)OP(=O)(CO)OC(C)(C)C.CC(C)(C)OP(=O)(COS(=O)(=O)C(F)(F)F)OC(C)(C)C.CS(=O)(=O)OS(=O)(=O)C(F)(F)F.Cc1cccc(C)n1. The van der Waals surface area contributed by atoms with E-state index in [1.165, 1.54) is 41.5 Å². The first kappa shape index (κ1) is 58.1. The minimum absolute atomic E-state index is 0.191. The summed E-state index contributed by atoms with van der Waals surface area (Å²) in [5.41, 5.74) is -12.4. The van der Waals surface area contributed by atoms with Crippen molar-refractivity contribution in [2.24, 2.45) is 0 Å². The van der Waals surface area contributed by atoms with Gasteiger partial charge in [0.1, 0.15) is 6.35 Å². The monoisotopic (exact) mass is 915 g/mol. The lowest BCUT2D eigenvalue weighted by Crippen LogP contribution is -2.29. The number of aryl methyl sites for hydroxylation is 2. The van der Waals surface area contributed by atoms with E-state index in [9.17, 15) is 60.7 Å². The third-order valence-electron chi connectivity index (χ3n) is 4.00. The Balaban J connectivity index is -0.000000692. The number of aliphatic hydroxyl groups is 1. The number of nitrogens with zero attached hydrogens (tertiary/aromatic N) is 1. The van der Waals surface area contributed by atoms with Gasteiger partial charge >= 0.3 is 46.4 Å². The van der Waals surface area contributed by atoms with Crippen LogP contribution >= 0.6 is 15.2 Å². The fourth-order valence-electron chi connectivity index (χ4n) is 2.90. The van der Waals surface area contributed by atoms with E-state index in [2.05, 4.69) is 12.8 Å². The average molecular weight is 916 g/mol. The fraction of sp³-hybridized carbons (Fsp3) is 0.821. The Morgan fingerprint density at radius 1 is 0.600 bits per heavy atom. The van der Waals surface area contributed by atoms with Gasteiger partial charge in [0, 0.05) is 11.4 Å². The minimum Gasteiger partial charge on any atom is -0.384 e. The molecule has 1 aromatic rings. The second kappa shape index (κ2) is 20.6. The molecule has 330 valence electrons. The molecule has 27 heteroatoms. The van der Waals surface area contributed by atoms with E-state index < -0.39 is 91.7 Å². The number of halogens is 6. The number of hydrogen-bond donors (Lipinski definition) is 1. The van der Waals surface area contributed by atoms with Crippen molar-refractivity contribution in [2.45, 2.75) is 130 Å². The Bertz CT molecular complexity index is 1720. The van der Waals surface area contributed by atoms with Gasteiger partial charge in [-0.2, -0.15) is 51.6 Å². The number of pyridine rings is 1. The van der Waals surface area contributed by atoms with Crippen LogP contribution in [0.3, 0.4) is 0 Å². The smallest absolute Gasteiger partial charge is 0.384 e. The Labute approximate surface area is 320 Å².